The van der Waals surface area contributed by atoms with Crippen molar-refractivity contribution in [2.75, 3.05) is 45.9 Å². The summed E-state index contributed by atoms with van der Waals surface area (Å²) in [5.41, 5.74) is 5.79. The largest absolute Gasteiger partial charge is 0.394 e. The lowest BCUT2D eigenvalue weighted by molar-refractivity contribution is -0.0193. The molecule has 3 saturated heterocycles. The van der Waals surface area contributed by atoms with Gasteiger partial charge in [0.25, 0.3) is 0 Å². The van der Waals surface area contributed by atoms with Gasteiger partial charge in [0.05, 0.1) is 24.9 Å². The molecule has 7 nitrogen and oxygen atoms in total. The first-order valence-corrected chi connectivity index (χ1v) is 8.60. The molecule has 0 aliphatic carbocycles. The molecule has 0 bridgehead atoms. The smallest absolute Gasteiger partial charge is 0.109 e. The van der Waals surface area contributed by atoms with Crippen LogP contribution in [0.25, 0.3) is 0 Å². The molecule has 3 heterocycles. The third-order valence-electron chi connectivity index (χ3n) is 5.37. The third-order valence-corrected chi connectivity index (χ3v) is 5.37. The first-order valence-electron chi connectivity index (χ1n) is 8.60. The Kier molecular flexibility index (Phi) is 5.67. The Morgan fingerprint density at radius 3 is 2.41 bits per heavy atom. The SMILES string of the molecule is NC[C@H]1O[C@@H](CO)[C@@H](O)[C@@H]1N1CCN(C2CCCCN2)CC1. The van der Waals surface area contributed by atoms with E-state index >= 15 is 0 Å². The van der Waals surface area contributed by atoms with Gasteiger partial charge in [-0.05, 0) is 25.8 Å². The molecule has 5 atom stereocenters. The van der Waals surface area contributed by atoms with E-state index in [1.54, 1.807) is 0 Å². The van der Waals surface area contributed by atoms with Crippen molar-refractivity contribution in [3.63, 3.8) is 0 Å². The molecule has 1 unspecified atom stereocenters. The molecule has 3 fully saturated rings. The predicted molar refractivity (Wildman–Crippen MR) is 83.4 cm³/mol. The first kappa shape index (κ1) is 16.6. The van der Waals surface area contributed by atoms with Gasteiger partial charge in [-0.3, -0.25) is 9.80 Å². The normalized spacial score (nSPS) is 41.9. The molecular formula is C15H30N4O3. The number of ether oxygens (including phenoxy) is 1. The Morgan fingerprint density at radius 1 is 1.09 bits per heavy atom. The number of rotatable bonds is 4. The van der Waals surface area contributed by atoms with E-state index in [4.69, 9.17) is 10.5 Å². The highest BCUT2D eigenvalue weighted by Gasteiger charge is 2.46. The Bertz CT molecular complexity index is 344. The van der Waals surface area contributed by atoms with Crippen LogP contribution >= 0.6 is 0 Å². The van der Waals surface area contributed by atoms with Crippen LogP contribution in [0.1, 0.15) is 19.3 Å². The zero-order valence-corrected chi connectivity index (χ0v) is 13.2. The van der Waals surface area contributed by atoms with E-state index in [0.717, 1.165) is 32.7 Å². The molecule has 3 aliphatic rings. The van der Waals surface area contributed by atoms with Gasteiger partial charge in [0.1, 0.15) is 12.2 Å². The van der Waals surface area contributed by atoms with Crippen molar-refractivity contribution in [3.8, 4) is 0 Å². The fraction of sp³-hybridized carbons (Fsp3) is 1.00. The molecule has 0 spiro atoms. The molecule has 5 N–H and O–H groups in total. The Labute approximate surface area is 132 Å². The minimum atomic E-state index is -0.655. The number of piperazine rings is 1. The molecule has 0 amide bonds. The number of nitrogens with one attached hydrogen (secondary N) is 1. The van der Waals surface area contributed by atoms with E-state index in [1.165, 1.54) is 19.3 Å². The van der Waals surface area contributed by atoms with Gasteiger partial charge in [-0.2, -0.15) is 0 Å². The number of nitrogens with zero attached hydrogens (tertiary/aromatic N) is 2. The highest BCUT2D eigenvalue weighted by molar-refractivity contribution is 4.98. The topological polar surface area (TPSA) is 94.2 Å². The average Bonchev–Trinajstić information content (AvgIpc) is 2.91. The molecule has 3 rings (SSSR count). The molecule has 0 radical (unpaired) electrons. The fourth-order valence-electron chi connectivity index (χ4n) is 4.11. The number of hydrogen-bond acceptors (Lipinski definition) is 7. The second-order valence-electron chi connectivity index (χ2n) is 6.65. The van der Waals surface area contributed by atoms with Crippen LogP contribution in [0.3, 0.4) is 0 Å². The van der Waals surface area contributed by atoms with E-state index in [-0.39, 0.29) is 18.8 Å². The second-order valence-corrected chi connectivity index (χ2v) is 6.65. The molecule has 0 saturated carbocycles. The van der Waals surface area contributed by atoms with Crippen LogP contribution in [0, 0.1) is 0 Å². The van der Waals surface area contributed by atoms with Gasteiger partial charge in [-0.25, -0.2) is 0 Å². The van der Waals surface area contributed by atoms with Crippen LogP contribution in [0.2, 0.25) is 0 Å². The van der Waals surface area contributed by atoms with Crippen LogP contribution in [-0.4, -0.2) is 96.4 Å². The van der Waals surface area contributed by atoms with Crippen LogP contribution < -0.4 is 11.1 Å². The summed E-state index contributed by atoms with van der Waals surface area (Å²) in [7, 11) is 0. The lowest BCUT2D eigenvalue weighted by Crippen LogP contribution is -2.60. The molecule has 7 heteroatoms. The third kappa shape index (κ3) is 3.31. The summed E-state index contributed by atoms with van der Waals surface area (Å²) < 4.78 is 5.69. The number of aliphatic hydroxyl groups is 2. The molecule has 3 aliphatic heterocycles. The van der Waals surface area contributed by atoms with Crippen molar-refractivity contribution < 1.29 is 14.9 Å². The number of hydrogen-bond donors (Lipinski definition) is 4. The van der Waals surface area contributed by atoms with E-state index in [2.05, 4.69) is 15.1 Å². The first-order chi connectivity index (χ1) is 10.7. The zero-order chi connectivity index (χ0) is 15.5. The Balaban J connectivity index is 1.55. The van der Waals surface area contributed by atoms with Crippen LogP contribution in [0.4, 0.5) is 0 Å². The van der Waals surface area contributed by atoms with Gasteiger partial charge in [0.15, 0.2) is 0 Å². The summed E-state index contributed by atoms with van der Waals surface area (Å²) in [6.45, 7) is 5.18. The number of aliphatic hydroxyl groups excluding tert-OH is 2. The van der Waals surface area contributed by atoms with Crippen molar-refractivity contribution in [3.05, 3.63) is 0 Å². The maximum Gasteiger partial charge on any atom is 0.109 e. The van der Waals surface area contributed by atoms with Crippen LogP contribution in [-0.2, 0) is 4.74 Å². The average molecular weight is 314 g/mol. The van der Waals surface area contributed by atoms with E-state index in [1.807, 2.05) is 0 Å². The molecular weight excluding hydrogens is 284 g/mol. The minimum Gasteiger partial charge on any atom is -0.394 e. The van der Waals surface area contributed by atoms with Crippen molar-refractivity contribution in [2.45, 2.75) is 49.8 Å². The number of nitrogens with two attached hydrogens (primary N) is 1. The maximum atomic E-state index is 10.4. The van der Waals surface area contributed by atoms with Crippen molar-refractivity contribution in [1.29, 1.82) is 0 Å². The minimum absolute atomic E-state index is 0.0939. The fourth-order valence-corrected chi connectivity index (χ4v) is 4.11. The summed E-state index contributed by atoms with van der Waals surface area (Å²) in [6.07, 6.45) is 2.98. The highest BCUT2D eigenvalue weighted by atomic mass is 16.5. The summed E-state index contributed by atoms with van der Waals surface area (Å²) in [5.74, 6) is 0. The van der Waals surface area contributed by atoms with Gasteiger partial charge in [0.2, 0.25) is 0 Å². The predicted octanol–water partition coefficient (Wildman–Crippen LogP) is -1.85. The van der Waals surface area contributed by atoms with Gasteiger partial charge in [-0.1, -0.05) is 0 Å². The molecule has 128 valence electrons. The van der Waals surface area contributed by atoms with Crippen molar-refractivity contribution in [2.24, 2.45) is 5.73 Å². The summed E-state index contributed by atoms with van der Waals surface area (Å²) in [4.78, 5) is 4.80. The van der Waals surface area contributed by atoms with E-state index in [0.29, 0.717) is 12.7 Å². The second kappa shape index (κ2) is 7.53. The maximum absolute atomic E-state index is 10.4. The monoisotopic (exact) mass is 314 g/mol. The lowest BCUT2D eigenvalue weighted by atomic mass is 10.0. The molecule has 0 aromatic carbocycles. The summed E-state index contributed by atoms with van der Waals surface area (Å²) in [6, 6.07) is -0.0939. The summed E-state index contributed by atoms with van der Waals surface area (Å²) in [5, 5.41) is 23.3. The van der Waals surface area contributed by atoms with Gasteiger partial charge in [0, 0.05) is 32.7 Å². The highest BCUT2D eigenvalue weighted by Crippen LogP contribution is 2.26. The van der Waals surface area contributed by atoms with Gasteiger partial charge in [-0.15, -0.1) is 0 Å². The Morgan fingerprint density at radius 2 is 1.82 bits per heavy atom. The van der Waals surface area contributed by atoms with E-state index in [9.17, 15) is 10.2 Å². The zero-order valence-electron chi connectivity index (χ0n) is 13.2. The van der Waals surface area contributed by atoms with Gasteiger partial charge >= 0.3 is 0 Å². The summed E-state index contributed by atoms with van der Waals surface area (Å²) >= 11 is 0. The quantitative estimate of drug-likeness (QED) is 0.484. The standard InChI is InChI=1S/C15H30N4O3/c16-9-11-14(15(21)12(10-20)22-11)19-7-5-18(6-8-19)13-3-1-2-4-17-13/h11-15,17,20-21H,1-10,16H2/t11-,12+,13?,14-,15-/m1/s1. The molecule has 0 aromatic heterocycles. The van der Waals surface area contributed by atoms with Crippen molar-refractivity contribution in [1.82, 2.24) is 15.1 Å². The molecule has 0 aromatic rings. The van der Waals surface area contributed by atoms with E-state index < -0.39 is 12.2 Å². The van der Waals surface area contributed by atoms with Crippen LogP contribution in [0.15, 0.2) is 0 Å². The number of piperidine rings is 1. The molecule has 22 heavy (non-hydrogen) atoms. The van der Waals surface area contributed by atoms with Crippen LogP contribution in [0.5, 0.6) is 0 Å². The van der Waals surface area contributed by atoms with Crippen molar-refractivity contribution >= 4 is 0 Å². The lowest BCUT2D eigenvalue weighted by Gasteiger charge is -2.44. The van der Waals surface area contributed by atoms with Gasteiger partial charge < -0.3 is 26.0 Å². The Hall–Kier alpha value is -0.280.